The van der Waals surface area contributed by atoms with E-state index in [0.717, 1.165) is 83.1 Å². The molecule has 1 aliphatic rings. The average molecular weight is 1020 g/mol. The summed E-state index contributed by atoms with van der Waals surface area (Å²) in [7, 11) is 1.68. The minimum atomic E-state index is -0.557. The monoisotopic (exact) mass is 1020 g/mol. The van der Waals surface area contributed by atoms with Crippen molar-refractivity contribution in [3.05, 3.63) is 117 Å². The van der Waals surface area contributed by atoms with E-state index >= 15 is 0 Å². The maximum absolute atomic E-state index is 11.6. The molecule has 2 unspecified atom stereocenters. The lowest BCUT2D eigenvalue weighted by molar-refractivity contribution is -0.119. The summed E-state index contributed by atoms with van der Waals surface area (Å²) in [6.45, 7) is 29.9. The predicted molar refractivity (Wildman–Crippen MR) is 308 cm³/mol. The summed E-state index contributed by atoms with van der Waals surface area (Å²) in [5, 5.41) is 3.58. The number of hydrogen-bond acceptors (Lipinski definition) is 9. The number of aromatic nitrogens is 3. The van der Waals surface area contributed by atoms with Crippen molar-refractivity contribution in [1.82, 2.24) is 24.8 Å². The first kappa shape index (κ1) is 62.1. The van der Waals surface area contributed by atoms with Gasteiger partial charge in [0.1, 0.15) is 24.8 Å². The average Bonchev–Trinajstić information content (AvgIpc) is 3.80. The van der Waals surface area contributed by atoms with Crippen LogP contribution in [0.4, 0.5) is 5.69 Å². The number of H-pyrrole nitrogens is 1. The number of fused-ring (bicyclic) bond motifs is 1. The van der Waals surface area contributed by atoms with E-state index in [0.29, 0.717) is 36.4 Å². The third-order valence-electron chi connectivity index (χ3n) is 13.6. The number of pyridine rings is 1. The number of anilines is 1. The van der Waals surface area contributed by atoms with E-state index in [4.69, 9.17) is 22.1 Å². The molecule has 1 fully saturated rings. The van der Waals surface area contributed by atoms with E-state index in [9.17, 15) is 14.4 Å². The van der Waals surface area contributed by atoms with Crippen molar-refractivity contribution < 1.29 is 19.1 Å². The lowest BCUT2D eigenvalue weighted by Gasteiger charge is -2.37. The van der Waals surface area contributed by atoms with Crippen molar-refractivity contribution in [2.24, 2.45) is 11.7 Å². The van der Waals surface area contributed by atoms with Gasteiger partial charge in [0, 0.05) is 59.8 Å². The van der Waals surface area contributed by atoms with E-state index in [-0.39, 0.29) is 5.78 Å². The number of ether oxygens (including phenoxy) is 1. The van der Waals surface area contributed by atoms with Gasteiger partial charge < -0.3 is 30.5 Å². The van der Waals surface area contributed by atoms with Gasteiger partial charge in [-0.2, -0.15) is 0 Å². The summed E-state index contributed by atoms with van der Waals surface area (Å²) >= 11 is 5.97. The second-order valence-corrected chi connectivity index (χ2v) is 19.7. The zero-order valence-electron chi connectivity index (χ0n) is 46.6. The van der Waals surface area contributed by atoms with Crippen LogP contribution in [-0.4, -0.2) is 94.6 Å². The maximum atomic E-state index is 11.6. The Bertz CT molecular complexity index is 2420. The number of halogens is 1. The Balaban J connectivity index is 0.000000342. The van der Waals surface area contributed by atoms with Gasteiger partial charge in [0.05, 0.1) is 11.0 Å². The lowest BCUT2D eigenvalue weighted by Crippen LogP contribution is -2.40. The van der Waals surface area contributed by atoms with Crippen LogP contribution in [-0.2, 0) is 20.9 Å². The molecule has 0 spiro atoms. The number of carbonyl (C=O) groups is 3. The lowest BCUT2D eigenvalue weighted by atomic mass is 9.87. The number of primary amides is 1. The molecule has 1 saturated heterocycles. The normalized spacial score (nSPS) is 13.8. The van der Waals surface area contributed by atoms with Gasteiger partial charge in [-0.15, -0.1) is 0 Å². The van der Waals surface area contributed by atoms with Crippen LogP contribution >= 0.6 is 11.6 Å². The van der Waals surface area contributed by atoms with Gasteiger partial charge >= 0.3 is 0 Å². The van der Waals surface area contributed by atoms with Gasteiger partial charge in [0.2, 0.25) is 5.91 Å². The second-order valence-electron chi connectivity index (χ2n) is 19.3. The number of piperidine rings is 1. The predicted octanol–water partition coefficient (Wildman–Crippen LogP) is 14.2. The van der Waals surface area contributed by atoms with Gasteiger partial charge in [-0.25, -0.2) is 4.98 Å². The van der Waals surface area contributed by atoms with Crippen molar-refractivity contribution in [1.29, 1.82) is 0 Å². The first-order valence-corrected chi connectivity index (χ1v) is 27.5. The molecule has 3 heterocycles. The Hall–Kier alpha value is -5.20. The smallest absolute Gasteiger partial charge is 0.239 e. The number of nitrogens with two attached hydrogens (primary N) is 1. The molecule has 1 aliphatic heterocycles. The largest absolute Gasteiger partial charge is 0.377 e. The van der Waals surface area contributed by atoms with Gasteiger partial charge in [-0.05, 0) is 170 Å². The molecule has 11 nitrogen and oxygen atoms in total. The summed E-state index contributed by atoms with van der Waals surface area (Å²) in [6.07, 6.45) is 16.0. The maximum Gasteiger partial charge on any atom is 0.239 e. The van der Waals surface area contributed by atoms with Crippen LogP contribution in [0.15, 0.2) is 78.5 Å². The Kier molecular flexibility index (Phi) is 28.6. The number of aldehydes is 1. The number of nitrogens with zero attached hydrogens (tertiary/aromatic N) is 4. The molecule has 2 aromatic heterocycles. The summed E-state index contributed by atoms with van der Waals surface area (Å²) in [4.78, 5) is 50.9. The van der Waals surface area contributed by atoms with Crippen molar-refractivity contribution in [2.45, 2.75) is 165 Å². The number of Topliss-reactive ketones (excluding diaryl/α,β-unsaturated/α-hetero) is 1. The number of aromatic amines is 1. The van der Waals surface area contributed by atoms with Crippen LogP contribution < -0.4 is 11.1 Å². The minimum Gasteiger partial charge on any atom is -0.377 e. The SMILES string of the molecule is CC.CCCC(CCC)CN(CCC)CCC.COCc1nc2ccc(-c3ccnc(C)c3/C=C(\C)C(C)N3CCC(c4ccc(C(C)=O)cc4)CC3)cc2[nH]1.Cc1ccc(NC(CCC=O)C(N)=O)cc1Cl. The molecule has 5 aromatic rings. The number of methoxy groups -OCH3 is 1. The highest BCUT2D eigenvalue weighted by atomic mass is 35.5. The highest BCUT2D eigenvalue weighted by molar-refractivity contribution is 6.31. The van der Waals surface area contributed by atoms with E-state index < -0.39 is 11.9 Å². The Labute approximate surface area is 444 Å². The number of ketones is 1. The third-order valence-corrected chi connectivity index (χ3v) is 14.0. The summed E-state index contributed by atoms with van der Waals surface area (Å²) in [5.74, 6) is 1.96. The number of rotatable bonds is 24. The number of aryl methyl sites for hydroxylation is 2. The van der Waals surface area contributed by atoms with Gasteiger partial charge in [-0.3, -0.25) is 19.5 Å². The van der Waals surface area contributed by atoms with E-state index in [1.54, 1.807) is 20.1 Å². The molecule has 1 amide bonds. The zero-order chi connectivity index (χ0) is 53.9. The fourth-order valence-corrected chi connectivity index (χ4v) is 9.71. The number of amides is 1. The molecule has 2 atom stereocenters. The number of likely N-dealkylation sites (tertiary alicyclic amines) is 1. The number of carbonyl (C=O) groups excluding carboxylic acids is 3. The molecule has 0 saturated carbocycles. The molecular weight excluding hydrogens is 930 g/mol. The zero-order valence-corrected chi connectivity index (χ0v) is 47.3. The van der Waals surface area contributed by atoms with E-state index in [1.165, 1.54) is 80.4 Å². The Morgan fingerprint density at radius 2 is 1.58 bits per heavy atom. The number of nitrogens with one attached hydrogen (secondary N) is 2. The van der Waals surface area contributed by atoms with Gasteiger partial charge in [-0.1, -0.05) is 114 Å². The molecule has 6 rings (SSSR count). The molecule has 4 N–H and O–H groups in total. The van der Waals surface area contributed by atoms with Crippen LogP contribution in [0.3, 0.4) is 0 Å². The summed E-state index contributed by atoms with van der Waals surface area (Å²) < 4.78 is 5.24. The van der Waals surface area contributed by atoms with Crippen molar-refractivity contribution in [3.63, 3.8) is 0 Å². The standard InChI is InChI=1S/C33H38N4O2.C14H31N.C12H15ClN2O2.C2H6/c1-21(23(3)37-16-13-27(14-17-37)26-8-6-25(7-9-26)24(4)38)18-30-22(2)34-15-12-29(30)28-10-11-31-32(19-28)36-33(35-31)20-39-5;1-5-9-14(10-6-2)13-15(11-7-3)12-8-4;1-8-4-5-9(7-10(8)13)15-11(12(14)17)3-2-6-16;1-2/h6-12,15,18-19,23,27H,13-14,16-17,20H2,1-5H3,(H,35,36);14H,5-13H2,1-4H3;4-7,11,15H,2-3H2,1H3,(H2,14,17);1-2H3/b21-18+;;;. The van der Waals surface area contributed by atoms with Crippen molar-refractivity contribution >= 4 is 52.4 Å². The third kappa shape index (κ3) is 20.2. The van der Waals surface area contributed by atoms with Crippen LogP contribution in [0.2, 0.25) is 5.02 Å². The van der Waals surface area contributed by atoms with Crippen LogP contribution in [0.1, 0.15) is 171 Å². The highest BCUT2D eigenvalue weighted by Gasteiger charge is 2.25. The molecule has 400 valence electrons. The molecule has 0 bridgehead atoms. The molecule has 12 heteroatoms. The number of imidazole rings is 1. The summed E-state index contributed by atoms with van der Waals surface area (Å²) in [6, 6.07) is 21.9. The molecule has 73 heavy (non-hydrogen) atoms. The van der Waals surface area contributed by atoms with Crippen molar-refractivity contribution in [2.75, 3.05) is 45.2 Å². The van der Waals surface area contributed by atoms with Crippen molar-refractivity contribution in [3.8, 4) is 11.1 Å². The van der Waals surface area contributed by atoms with Crippen LogP contribution in [0.5, 0.6) is 0 Å². The first-order valence-electron chi connectivity index (χ1n) is 27.1. The molecule has 0 radical (unpaired) electrons. The first-order chi connectivity index (χ1) is 35.2. The van der Waals surface area contributed by atoms with Gasteiger partial charge in [0.15, 0.2) is 5.78 Å². The van der Waals surface area contributed by atoms with Crippen LogP contribution in [0, 0.1) is 19.8 Å². The van der Waals surface area contributed by atoms with E-state index in [2.05, 4.69) is 121 Å². The van der Waals surface area contributed by atoms with E-state index in [1.807, 2.05) is 51.2 Å². The minimum absolute atomic E-state index is 0.123. The molecule has 3 aromatic carbocycles. The van der Waals surface area contributed by atoms with Crippen LogP contribution in [0.25, 0.3) is 28.2 Å². The van der Waals surface area contributed by atoms with Gasteiger partial charge in [0.25, 0.3) is 0 Å². The highest BCUT2D eigenvalue weighted by Crippen LogP contribution is 2.33. The Morgan fingerprint density at radius 1 is 0.918 bits per heavy atom. The number of hydrogen-bond donors (Lipinski definition) is 3. The molecule has 0 aliphatic carbocycles. The summed E-state index contributed by atoms with van der Waals surface area (Å²) in [5.41, 5.74) is 16.8. The number of benzene rings is 3. The molecular formula is C61H90ClN7O4. The topological polar surface area (TPSA) is 147 Å². The Morgan fingerprint density at radius 3 is 2.14 bits per heavy atom. The second kappa shape index (κ2) is 33.6. The fourth-order valence-electron chi connectivity index (χ4n) is 9.53. The quantitative estimate of drug-likeness (QED) is 0.0406. The fraction of sp³-hybridized carbons (Fsp3) is 0.525.